The van der Waals surface area contributed by atoms with E-state index < -0.39 is 6.10 Å². The van der Waals surface area contributed by atoms with Gasteiger partial charge in [-0.1, -0.05) is 12.1 Å². The van der Waals surface area contributed by atoms with Gasteiger partial charge in [-0.05, 0) is 45.2 Å². The Labute approximate surface area is 137 Å². The number of benzene rings is 1. The number of carbonyl (C=O) groups excluding carboxylic acids is 2. The van der Waals surface area contributed by atoms with Gasteiger partial charge in [0.1, 0.15) is 5.75 Å². The number of fused-ring (bicyclic) bond motifs is 1. The molecule has 1 saturated heterocycles. The van der Waals surface area contributed by atoms with Gasteiger partial charge in [0.25, 0.3) is 5.91 Å². The second-order valence-electron chi connectivity index (χ2n) is 6.40. The molecule has 2 unspecified atom stereocenters. The third-order valence-electron chi connectivity index (χ3n) is 4.75. The molecule has 0 saturated carbocycles. The Balaban J connectivity index is 1.69. The van der Waals surface area contributed by atoms with E-state index in [1.54, 1.807) is 11.8 Å². The fraction of sp³-hybridized carbons (Fsp3) is 0.556. The number of likely N-dealkylation sites (tertiary alicyclic amines) is 1. The average molecular weight is 316 g/mol. The second-order valence-corrected chi connectivity index (χ2v) is 6.40. The molecule has 0 bridgehead atoms. The molecule has 5 heteroatoms. The van der Waals surface area contributed by atoms with Gasteiger partial charge in [0.05, 0.1) is 5.69 Å². The first-order valence-corrected chi connectivity index (χ1v) is 8.44. The van der Waals surface area contributed by atoms with Crippen molar-refractivity contribution in [1.82, 2.24) is 4.90 Å². The highest BCUT2D eigenvalue weighted by atomic mass is 16.5. The third-order valence-corrected chi connectivity index (χ3v) is 4.75. The van der Waals surface area contributed by atoms with Gasteiger partial charge < -0.3 is 14.5 Å². The first-order valence-electron chi connectivity index (χ1n) is 8.44. The van der Waals surface area contributed by atoms with E-state index in [9.17, 15) is 9.59 Å². The molecule has 2 atom stereocenters. The van der Waals surface area contributed by atoms with Crippen LogP contribution in [0.1, 0.15) is 39.5 Å². The minimum Gasteiger partial charge on any atom is -0.479 e. The summed E-state index contributed by atoms with van der Waals surface area (Å²) in [5.41, 5.74) is 0.759. The monoisotopic (exact) mass is 316 g/mol. The van der Waals surface area contributed by atoms with Gasteiger partial charge in [-0.3, -0.25) is 9.59 Å². The highest BCUT2D eigenvalue weighted by molar-refractivity contribution is 6.00. The van der Waals surface area contributed by atoms with E-state index in [4.69, 9.17) is 4.74 Å². The number of ether oxygens (including phenoxy) is 1. The fourth-order valence-electron chi connectivity index (χ4n) is 3.41. The molecule has 2 aliphatic heterocycles. The molecule has 1 fully saturated rings. The Morgan fingerprint density at radius 2 is 2.04 bits per heavy atom. The molecule has 3 rings (SSSR count). The van der Waals surface area contributed by atoms with Crippen LogP contribution in [0.4, 0.5) is 5.69 Å². The van der Waals surface area contributed by atoms with Crippen molar-refractivity contribution < 1.29 is 14.3 Å². The number of amides is 2. The number of carbonyl (C=O) groups is 2. The number of rotatable bonds is 3. The maximum atomic E-state index is 12.5. The summed E-state index contributed by atoms with van der Waals surface area (Å²) in [6.45, 7) is 5.10. The highest BCUT2D eigenvalue weighted by Gasteiger charge is 2.32. The number of nitrogens with zero attached hydrogens (tertiary/aromatic N) is 2. The van der Waals surface area contributed by atoms with Gasteiger partial charge in [0, 0.05) is 25.6 Å². The van der Waals surface area contributed by atoms with Crippen molar-refractivity contribution in [3.8, 4) is 5.75 Å². The van der Waals surface area contributed by atoms with Crippen molar-refractivity contribution in [2.75, 3.05) is 18.0 Å². The van der Waals surface area contributed by atoms with Crippen molar-refractivity contribution in [2.45, 2.75) is 51.7 Å². The molecule has 0 aliphatic carbocycles. The molecule has 0 spiro atoms. The Kier molecular flexibility index (Phi) is 4.55. The van der Waals surface area contributed by atoms with E-state index in [-0.39, 0.29) is 11.8 Å². The molecular weight excluding hydrogens is 292 g/mol. The van der Waals surface area contributed by atoms with Crippen LogP contribution in [0.5, 0.6) is 5.75 Å². The summed E-state index contributed by atoms with van der Waals surface area (Å²) in [6.07, 6.45) is 3.19. The molecule has 2 heterocycles. The lowest BCUT2D eigenvalue weighted by molar-refractivity contribution is -0.134. The molecule has 2 amide bonds. The van der Waals surface area contributed by atoms with Gasteiger partial charge in [-0.2, -0.15) is 0 Å². The maximum absolute atomic E-state index is 12.5. The lowest BCUT2D eigenvalue weighted by atomic mass is 10.0. The van der Waals surface area contributed by atoms with Gasteiger partial charge in [-0.25, -0.2) is 0 Å². The molecule has 2 aliphatic rings. The lowest BCUT2D eigenvalue weighted by Gasteiger charge is -2.35. The van der Waals surface area contributed by atoms with E-state index >= 15 is 0 Å². The number of hydrogen-bond donors (Lipinski definition) is 0. The summed E-state index contributed by atoms with van der Waals surface area (Å²) in [7, 11) is 0. The zero-order chi connectivity index (χ0) is 16.4. The number of para-hydroxylation sites is 2. The zero-order valence-electron chi connectivity index (χ0n) is 13.8. The molecule has 5 nitrogen and oxygen atoms in total. The molecule has 1 aromatic rings. The predicted molar refractivity (Wildman–Crippen MR) is 88.5 cm³/mol. The number of hydrogen-bond acceptors (Lipinski definition) is 3. The van der Waals surface area contributed by atoms with Crippen LogP contribution in [0.25, 0.3) is 0 Å². The van der Waals surface area contributed by atoms with Crippen LogP contribution < -0.4 is 9.64 Å². The molecule has 0 N–H and O–H groups in total. The van der Waals surface area contributed by atoms with Crippen LogP contribution in [-0.4, -0.2) is 41.9 Å². The molecule has 0 aromatic heterocycles. The van der Waals surface area contributed by atoms with Crippen molar-refractivity contribution in [3.63, 3.8) is 0 Å². The van der Waals surface area contributed by atoms with Crippen molar-refractivity contribution >= 4 is 17.5 Å². The molecule has 1 aromatic carbocycles. The van der Waals surface area contributed by atoms with E-state index in [0.717, 1.165) is 25.1 Å². The van der Waals surface area contributed by atoms with Crippen LogP contribution in [0.2, 0.25) is 0 Å². The van der Waals surface area contributed by atoms with Crippen LogP contribution in [0, 0.1) is 0 Å². The third kappa shape index (κ3) is 3.19. The van der Waals surface area contributed by atoms with E-state index in [1.807, 2.05) is 29.2 Å². The topological polar surface area (TPSA) is 49.9 Å². The Morgan fingerprint density at radius 1 is 1.26 bits per heavy atom. The number of anilines is 1. The van der Waals surface area contributed by atoms with E-state index in [1.165, 1.54) is 6.42 Å². The summed E-state index contributed by atoms with van der Waals surface area (Å²) in [6, 6.07) is 7.81. The van der Waals surface area contributed by atoms with Crippen LogP contribution in [-0.2, 0) is 9.59 Å². The van der Waals surface area contributed by atoms with Crippen molar-refractivity contribution in [2.24, 2.45) is 0 Å². The zero-order valence-corrected chi connectivity index (χ0v) is 13.8. The minimum absolute atomic E-state index is 0.0804. The SMILES string of the molecule is CC1Oc2ccccc2N(CCC(=O)N2CCCCC2C)C1=O. The van der Waals surface area contributed by atoms with Gasteiger partial charge >= 0.3 is 0 Å². The summed E-state index contributed by atoms with van der Waals surface area (Å²) >= 11 is 0. The first kappa shape index (κ1) is 15.8. The normalized spacial score (nSPS) is 24.2. The quantitative estimate of drug-likeness (QED) is 0.861. The molecular formula is C18H24N2O3. The van der Waals surface area contributed by atoms with Crippen LogP contribution >= 0.6 is 0 Å². The first-order chi connectivity index (χ1) is 11.1. The Hall–Kier alpha value is -2.04. The minimum atomic E-state index is -0.506. The summed E-state index contributed by atoms with van der Waals surface area (Å²) in [5.74, 6) is 0.767. The molecule has 23 heavy (non-hydrogen) atoms. The summed E-state index contributed by atoms with van der Waals surface area (Å²) in [5, 5.41) is 0. The van der Waals surface area contributed by atoms with Gasteiger partial charge in [0.2, 0.25) is 5.91 Å². The second kappa shape index (κ2) is 6.60. The number of piperidine rings is 1. The average Bonchev–Trinajstić information content (AvgIpc) is 2.55. The van der Waals surface area contributed by atoms with Crippen LogP contribution in [0.3, 0.4) is 0 Å². The largest absolute Gasteiger partial charge is 0.479 e. The molecule has 124 valence electrons. The fourth-order valence-corrected chi connectivity index (χ4v) is 3.41. The summed E-state index contributed by atoms with van der Waals surface area (Å²) in [4.78, 5) is 28.6. The predicted octanol–water partition coefficient (Wildman–Crippen LogP) is 2.59. The van der Waals surface area contributed by atoms with Crippen LogP contribution in [0.15, 0.2) is 24.3 Å². The van der Waals surface area contributed by atoms with Crippen molar-refractivity contribution in [1.29, 1.82) is 0 Å². The highest BCUT2D eigenvalue weighted by Crippen LogP contribution is 2.33. The van der Waals surface area contributed by atoms with Gasteiger partial charge in [-0.15, -0.1) is 0 Å². The van der Waals surface area contributed by atoms with Crippen molar-refractivity contribution in [3.05, 3.63) is 24.3 Å². The standard InChI is InChI=1S/C18H24N2O3/c1-13-7-5-6-11-19(13)17(21)10-12-20-15-8-3-4-9-16(15)23-14(2)18(20)22/h3-4,8-9,13-14H,5-7,10-12H2,1-2H3. The lowest BCUT2D eigenvalue weighted by Crippen LogP contribution is -2.47. The van der Waals surface area contributed by atoms with E-state index in [2.05, 4.69) is 6.92 Å². The summed E-state index contributed by atoms with van der Waals surface area (Å²) < 4.78 is 5.63. The Bertz CT molecular complexity index is 602. The Morgan fingerprint density at radius 3 is 2.83 bits per heavy atom. The van der Waals surface area contributed by atoms with Gasteiger partial charge in [0.15, 0.2) is 6.10 Å². The maximum Gasteiger partial charge on any atom is 0.267 e. The smallest absolute Gasteiger partial charge is 0.267 e. The molecule has 0 radical (unpaired) electrons. The van der Waals surface area contributed by atoms with E-state index in [0.29, 0.717) is 24.8 Å².